The minimum Gasteiger partial charge on any atom is -0.504 e. The van der Waals surface area contributed by atoms with Crippen LogP contribution in [0.5, 0.6) is 28.7 Å². The van der Waals surface area contributed by atoms with Gasteiger partial charge in [0.25, 0.3) is 0 Å². The van der Waals surface area contributed by atoms with E-state index in [9.17, 15) is 33.9 Å². The molecule has 0 aromatic heterocycles. The highest BCUT2D eigenvalue weighted by Crippen LogP contribution is 2.35. The normalized spacial score (nSPS) is 16.5. The van der Waals surface area contributed by atoms with Crippen molar-refractivity contribution >= 4 is 34.7 Å². The lowest BCUT2D eigenvalue weighted by molar-refractivity contribution is -0.153. The van der Waals surface area contributed by atoms with Crippen LogP contribution in [-0.4, -0.2) is 106 Å². The summed E-state index contributed by atoms with van der Waals surface area (Å²) in [4.78, 5) is 41.0. The van der Waals surface area contributed by atoms with Crippen LogP contribution in [0.25, 0.3) is 6.08 Å². The fraction of sp³-hybridized carbons (Fsp3) is 0.469. The number of rotatable bonds is 16. The molecule has 4 unspecified atom stereocenters. The highest BCUT2D eigenvalue weighted by atomic mass is 32.2. The van der Waals surface area contributed by atoms with Crippen molar-refractivity contribution < 1.29 is 52.9 Å². The summed E-state index contributed by atoms with van der Waals surface area (Å²) in [6, 6.07) is 5.27. The van der Waals surface area contributed by atoms with Crippen LogP contribution in [0.2, 0.25) is 0 Å². The summed E-state index contributed by atoms with van der Waals surface area (Å²) in [5.74, 6) is -0.726. The molecule has 1 saturated heterocycles. The van der Waals surface area contributed by atoms with E-state index >= 15 is 0 Å². The molecule has 0 aliphatic carbocycles. The third-order valence-corrected chi connectivity index (χ3v) is 8.84. The quantitative estimate of drug-likeness (QED) is 0.152. The van der Waals surface area contributed by atoms with Crippen molar-refractivity contribution in [3.05, 3.63) is 47.5 Å². The van der Waals surface area contributed by atoms with Gasteiger partial charge in [0.05, 0.1) is 21.3 Å². The summed E-state index contributed by atoms with van der Waals surface area (Å²) in [7, 11) is 3.31. The zero-order valence-corrected chi connectivity index (χ0v) is 27.2. The number of hydrogen-bond acceptors (Lipinski definition) is 11. The first kappa shape index (κ1) is 36.2. The molecule has 2 aromatic carbocycles. The molecule has 1 aliphatic heterocycles. The van der Waals surface area contributed by atoms with Gasteiger partial charge in [0, 0.05) is 46.9 Å². The second-order valence-corrected chi connectivity index (χ2v) is 12.4. The number of ether oxygens (including phenoxy) is 4. The first-order chi connectivity index (χ1) is 22.0. The van der Waals surface area contributed by atoms with Gasteiger partial charge >= 0.3 is 5.97 Å². The maximum Gasteiger partial charge on any atom is 0.329 e. The van der Waals surface area contributed by atoms with Crippen molar-refractivity contribution in [2.75, 3.05) is 46.0 Å². The second kappa shape index (κ2) is 17.4. The molecule has 0 saturated carbocycles. The fourth-order valence-corrected chi connectivity index (χ4v) is 5.78. The molecule has 13 nitrogen and oxygen atoms in total. The van der Waals surface area contributed by atoms with E-state index in [0.717, 1.165) is 0 Å². The number of phenolic OH excluding ortho intramolecular Hbond substituents is 2. The number of nitrogens with one attached hydrogen (secondary N) is 1. The number of carbonyl (C=O) groups is 3. The molecule has 2 amide bonds. The second-order valence-electron chi connectivity index (χ2n) is 10.5. The molecule has 0 radical (unpaired) electrons. The fourth-order valence-electron chi connectivity index (χ4n) is 4.99. The van der Waals surface area contributed by atoms with Crippen molar-refractivity contribution in [2.45, 2.75) is 50.8 Å². The average molecular weight is 663 g/mol. The molecule has 4 N–H and O–H groups in total. The largest absolute Gasteiger partial charge is 0.504 e. The number of methoxy groups -OCH3 is 3. The highest BCUT2D eigenvalue weighted by Gasteiger charge is 2.39. The zero-order valence-electron chi connectivity index (χ0n) is 26.4. The molecule has 14 heteroatoms. The predicted molar refractivity (Wildman–Crippen MR) is 170 cm³/mol. The van der Waals surface area contributed by atoms with Gasteiger partial charge in [0.2, 0.25) is 11.8 Å². The van der Waals surface area contributed by atoms with Gasteiger partial charge in [0.15, 0.2) is 23.0 Å². The van der Waals surface area contributed by atoms with Crippen LogP contribution in [0, 0.1) is 0 Å². The summed E-state index contributed by atoms with van der Waals surface area (Å²) in [6.07, 6.45) is 2.50. The highest BCUT2D eigenvalue weighted by molar-refractivity contribution is 7.84. The number of phenols is 2. The van der Waals surface area contributed by atoms with Gasteiger partial charge in [-0.3, -0.25) is 13.8 Å². The number of esters is 1. The van der Waals surface area contributed by atoms with Gasteiger partial charge in [-0.2, -0.15) is 0 Å². The Morgan fingerprint density at radius 1 is 1.04 bits per heavy atom. The number of benzene rings is 2. The number of likely N-dealkylation sites (tertiary alicyclic amines) is 1. The molecule has 1 aliphatic rings. The third-order valence-electron chi connectivity index (χ3n) is 7.51. The van der Waals surface area contributed by atoms with Crippen molar-refractivity contribution in [1.82, 2.24) is 10.2 Å². The van der Waals surface area contributed by atoms with E-state index in [2.05, 4.69) is 5.32 Å². The zero-order chi connectivity index (χ0) is 33.8. The van der Waals surface area contributed by atoms with E-state index in [1.807, 2.05) is 0 Å². The van der Waals surface area contributed by atoms with E-state index in [-0.39, 0.29) is 37.5 Å². The van der Waals surface area contributed by atoms with Crippen LogP contribution >= 0.6 is 0 Å². The summed E-state index contributed by atoms with van der Waals surface area (Å²) in [6.45, 7) is 1.92. The topological polar surface area (TPSA) is 181 Å². The van der Waals surface area contributed by atoms with Crippen molar-refractivity contribution in [3.63, 3.8) is 0 Å². The predicted octanol–water partition coefficient (Wildman–Crippen LogP) is 1.92. The number of aromatic hydroxyl groups is 2. The van der Waals surface area contributed by atoms with E-state index in [0.29, 0.717) is 47.0 Å². The number of aliphatic hydroxyl groups is 1. The van der Waals surface area contributed by atoms with Gasteiger partial charge in [-0.05, 0) is 49.1 Å². The lowest BCUT2D eigenvalue weighted by atomic mass is 10.1. The molecule has 4 atom stereocenters. The van der Waals surface area contributed by atoms with Gasteiger partial charge in [-0.15, -0.1) is 0 Å². The Labute approximate surface area is 270 Å². The molecule has 2 aromatic rings. The van der Waals surface area contributed by atoms with Gasteiger partial charge in [-0.25, -0.2) is 4.79 Å². The first-order valence-corrected chi connectivity index (χ1v) is 16.3. The van der Waals surface area contributed by atoms with E-state index in [4.69, 9.17) is 18.9 Å². The molecule has 1 heterocycles. The molecular formula is C32H42N2O11S. The molecule has 0 bridgehead atoms. The van der Waals surface area contributed by atoms with Crippen LogP contribution in [0.1, 0.15) is 37.3 Å². The Hall–Kier alpha value is -4.30. The number of nitrogens with zero attached hydrogens (tertiary/aromatic N) is 1. The minimum absolute atomic E-state index is 0.0336. The molecule has 1 fully saturated rings. The lowest BCUT2D eigenvalue weighted by Gasteiger charge is -2.28. The van der Waals surface area contributed by atoms with Crippen LogP contribution in [0.3, 0.4) is 0 Å². The standard InChI is InChI=1S/C32H42N2O11S/c1-5-46(41)15-12-22(33-30(38)26(37)17-20-10-11-24(35)25(36)16-20)31(39)34-13-6-9-23(34)32(40)45-14-7-8-21-18-28(43-3)29(44-4)19-27(21)42-2/h7-8,10-11,16,18-19,22-23,26,35-37H,5-6,9,12-15,17H2,1-4H3,(H,33,38)/b8-7+. The maximum atomic E-state index is 13.7. The average Bonchev–Trinajstić information content (AvgIpc) is 3.55. The minimum atomic E-state index is -1.58. The number of hydrogen-bond donors (Lipinski definition) is 4. The maximum absolute atomic E-state index is 13.7. The van der Waals surface area contributed by atoms with Gasteiger partial charge in [0.1, 0.15) is 30.5 Å². The molecule has 252 valence electrons. The molecule has 3 rings (SSSR count). The van der Waals surface area contributed by atoms with Crippen LogP contribution < -0.4 is 19.5 Å². The van der Waals surface area contributed by atoms with E-state index in [1.165, 1.54) is 44.4 Å². The van der Waals surface area contributed by atoms with Crippen LogP contribution in [-0.2, 0) is 36.3 Å². The summed E-state index contributed by atoms with van der Waals surface area (Å²) >= 11 is 0. The monoisotopic (exact) mass is 662 g/mol. The smallest absolute Gasteiger partial charge is 0.329 e. The van der Waals surface area contributed by atoms with Gasteiger partial charge < -0.3 is 44.5 Å². The Kier molecular flexibility index (Phi) is 13.7. The number of amides is 2. The SMILES string of the molecule is CCS(=O)CCC(NC(=O)C(O)Cc1ccc(O)c(O)c1)C(=O)N1CCCC1C(=O)OC/C=C/c1cc(OC)c(OC)cc1OC. The first-order valence-electron chi connectivity index (χ1n) is 14.8. The lowest BCUT2D eigenvalue weighted by Crippen LogP contribution is -2.54. The Balaban J connectivity index is 1.67. The van der Waals surface area contributed by atoms with Crippen molar-refractivity contribution in [2.24, 2.45) is 0 Å². The molecule has 0 spiro atoms. The Morgan fingerprint density at radius 3 is 2.39 bits per heavy atom. The third kappa shape index (κ3) is 9.60. The molecular weight excluding hydrogens is 620 g/mol. The summed E-state index contributed by atoms with van der Waals surface area (Å²) in [5.41, 5.74) is 1.05. The van der Waals surface area contributed by atoms with Gasteiger partial charge in [-0.1, -0.05) is 19.1 Å². The van der Waals surface area contributed by atoms with Crippen LogP contribution in [0.4, 0.5) is 0 Å². The summed E-state index contributed by atoms with van der Waals surface area (Å²) < 4.78 is 33.7. The Morgan fingerprint density at radius 2 is 1.74 bits per heavy atom. The molecule has 46 heavy (non-hydrogen) atoms. The number of carbonyl (C=O) groups excluding carboxylic acids is 3. The van der Waals surface area contributed by atoms with Crippen molar-refractivity contribution in [3.8, 4) is 28.7 Å². The van der Waals surface area contributed by atoms with Crippen molar-refractivity contribution in [1.29, 1.82) is 0 Å². The Bertz CT molecular complexity index is 1430. The van der Waals surface area contributed by atoms with E-state index in [1.54, 1.807) is 31.2 Å². The number of aliphatic hydroxyl groups excluding tert-OH is 1. The van der Waals surface area contributed by atoms with E-state index < -0.39 is 52.5 Å². The van der Waals surface area contributed by atoms with Crippen LogP contribution in [0.15, 0.2) is 36.4 Å². The summed E-state index contributed by atoms with van der Waals surface area (Å²) in [5, 5.41) is 32.3.